The van der Waals surface area contributed by atoms with Gasteiger partial charge in [0.25, 0.3) is 0 Å². The number of primary amides is 1. The number of allylic oxidation sites excluding steroid dienone is 5. The minimum absolute atomic E-state index is 0.235. The summed E-state index contributed by atoms with van der Waals surface area (Å²) in [4.78, 5) is 33.4. The van der Waals surface area contributed by atoms with Crippen molar-refractivity contribution < 1.29 is 19.5 Å². The van der Waals surface area contributed by atoms with Gasteiger partial charge in [-0.15, -0.1) is 0 Å². The monoisotopic (exact) mass is 422 g/mol. The first kappa shape index (κ1) is 26.7. The highest BCUT2D eigenvalue weighted by molar-refractivity contribution is 7.99. The van der Waals surface area contributed by atoms with Crippen molar-refractivity contribution in [3.63, 3.8) is 0 Å². The third-order valence-corrected chi connectivity index (χ3v) is 4.94. The summed E-state index contributed by atoms with van der Waals surface area (Å²) < 4.78 is 0. The SMILES string of the molecule is CC(C)=CCC/C(C)=C/CC/C(C)=C/CSC[C@H](NC(=O)/C=C/C(N)=O)C(=O)O. The second-order valence-electron chi connectivity index (χ2n) is 7.13. The van der Waals surface area contributed by atoms with Gasteiger partial charge in [0.15, 0.2) is 0 Å². The van der Waals surface area contributed by atoms with E-state index in [4.69, 9.17) is 5.73 Å². The topological polar surface area (TPSA) is 109 Å². The van der Waals surface area contributed by atoms with Gasteiger partial charge in [-0.2, -0.15) is 11.8 Å². The Morgan fingerprint density at radius 2 is 1.55 bits per heavy atom. The summed E-state index contributed by atoms with van der Waals surface area (Å²) in [7, 11) is 0. The number of carboxylic acids is 1. The lowest BCUT2D eigenvalue weighted by Crippen LogP contribution is -2.42. The van der Waals surface area contributed by atoms with Gasteiger partial charge in [-0.25, -0.2) is 4.79 Å². The number of rotatable bonds is 14. The van der Waals surface area contributed by atoms with Crippen molar-refractivity contribution in [3.8, 4) is 0 Å². The molecule has 0 bridgehead atoms. The first-order valence-corrected chi connectivity index (χ1v) is 10.8. The van der Waals surface area contributed by atoms with Gasteiger partial charge in [0, 0.05) is 23.7 Å². The zero-order chi connectivity index (χ0) is 22.2. The van der Waals surface area contributed by atoms with Crippen molar-refractivity contribution in [3.05, 3.63) is 47.1 Å². The molecule has 6 nitrogen and oxygen atoms in total. The highest BCUT2D eigenvalue weighted by Gasteiger charge is 2.18. The maximum Gasteiger partial charge on any atom is 0.327 e. The summed E-state index contributed by atoms with van der Waals surface area (Å²) >= 11 is 1.43. The van der Waals surface area contributed by atoms with E-state index in [1.807, 2.05) is 0 Å². The highest BCUT2D eigenvalue weighted by atomic mass is 32.2. The number of nitrogens with one attached hydrogen (secondary N) is 1. The molecule has 0 aromatic heterocycles. The highest BCUT2D eigenvalue weighted by Crippen LogP contribution is 2.13. The molecule has 0 radical (unpaired) electrons. The number of thioether (sulfide) groups is 1. The maximum absolute atomic E-state index is 11.6. The van der Waals surface area contributed by atoms with Crippen molar-refractivity contribution in [2.24, 2.45) is 5.73 Å². The van der Waals surface area contributed by atoms with Crippen LogP contribution in [0.2, 0.25) is 0 Å². The van der Waals surface area contributed by atoms with Gasteiger partial charge in [-0.3, -0.25) is 9.59 Å². The quantitative estimate of drug-likeness (QED) is 0.224. The van der Waals surface area contributed by atoms with Crippen molar-refractivity contribution in [2.45, 2.75) is 59.4 Å². The summed E-state index contributed by atoms with van der Waals surface area (Å²) in [6.07, 6.45) is 12.6. The number of aliphatic carboxylic acids is 1. The average molecular weight is 423 g/mol. The Morgan fingerprint density at radius 3 is 2.10 bits per heavy atom. The molecule has 0 rings (SSSR count). The van der Waals surface area contributed by atoms with Gasteiger partial charge >= 0.3 is 5.97 Å². The smallest absolute Gasteiger partial charge is 0.327 e. The fraction of sp³-hybridized carbons (Fsp3) is 0.500. The van der Waals surface area contributed by atoms with Gasteiger partial charge in [-0.1, -0.05) is 34.9 Å². The van der Waals surface area contributed by atoms with E-state index in [0.717, 1.165) is 37.8 Å². The fourth-order valence-corrected chi connectivity index (χ4v) is 3.28. The minimum Gasteiger partial charge on any atom is -0.480 e. The Balaban J connectivity index is 4.27. The van der Waals surface area contributed by atoms with Crippen LogP contribution in [0.25, 0.3) is 0 Å². The van der Waals surface area contributed by atoms with E-state index >= 15 is 0 Å². The van der Waals surface area contributed by atoms with Crippen molar-refractivity contribution in [2.75, 3.05) is 11.5 Å². The molecule has 1 atom stereocenters. The molecule has 4 N–H and O–H groups in total. The van der Waals surface area contributed by atoms with E-state index in [9.17, 15) is 19.5 Å². The number of amides is 2. The van der Waals surface area contributed by atoms with Gasteiger partial charge in [-0.05, 0) is 53.4 Å². The predicted molar refractivity (Wildman–Crippen MR) is 121 cm³/mol. The largest absolute Gasteiger partial charge is 0.480 e. The van der Waals surface area contributed by atoms with Gasteiger partial charge in [0.1, 0.15) is 6.04 Å². The maximum atomic E-state index is 11.6. The third-order valence-electron chi connectivity index (χ3n) is 3.97. The van der Waals surface area contributed by atoms with E-state index in [0.29, 0.717) is 5.75 Å². The van der Waals surface area contributed by atoms with Crippen molar-refractivity contribution >= 4 is 29.5 Å². The normalized spacial score (nSPS) is 13.2. The molecule has 0 saturated carbocycles. The molecule has 0 aliphatic rings. The van der Waals surface area contributed by atoms with Crippen LogP contribution in [0, 0.1) is 0 Å². The number of carbonyl (C=O) groups is 3. The Labute approximate surface area is 178 Å². The average Bonchev–Trinajstić information content (AvgIpc) is 2.61. The summed E-state index contributed by atoms with van der Waals surface area (Å²) in [6.45, 7) is 8.45. The fourth-order valence-electron chi connectivity index (χ4n) is 2.28. The van der Waals surface area contributed by atoms with Gasteiger partial charge < -0.3 is 16.2 Å². The molecule has 0 aromatic rings. The molecular weight excluding hydrogens is 388 g/mol. The van der Waals surface area contributed by atoms with Gasteiger partial charge in [0.05, 0.1) is 0 Å². The third kappa shape index (κ3) is 16.4. The van der Waals surface area contributed by atoms with Crippen LogP contribution in [0.4, 0.5) is 0 Å². The lowest BCUT2D eigenvalue weighted by molar-refractivity contribution is -0.140. The number of nitrogens with two attached hydrogens (primary N) is 1. The molecule has 0 aliphatic carbocycles. The van der Waals surface area contributed by atoms with Crippen LogP contribution in [0.1, 0.15) is 53.4 Å². The predicted octanol–water partition coefficient (Wildman–Crippen LogP) is 3.75. The number of hydrogen-bond donors (Lipinski definition) is 3. The minimum atomic E-state index is -1.12. The molecule has 0 heterocycles. The molecule has 0 aromatic carbocycles. The molecule has 0 aliphatic heterocycles. The molecule has 2 amide bonds. The molecule has 29 heavy (non-hydrogen) atoms. The van der Waals surface area contributed by atoms with E-state index < -0.39 is 23.8 Å². The molecule has 0 spiro atoms. The second kappa shape index (κ2) is 15.6. The Bertz CT molecular complexity index is 674. The molecular formula is C22H34N2O4S. The van der Waals surface area contributed by atoms with Crippen LogP contribution in [0.5, 0.6) is 0 Å². The molecule has 7 heteroatoms. The van der Waals surface area contributed by atoms with E-state index in [1.54, 1.807) is 0 Å². The molecule has 0 saturated heterocycles. The molecule has 0 unspecified atom stereocenters. The van der Waals surface area contributed by atoms with Crippen molar-refractivity contribution in [1.29, 1.82) is 0 Å². The summed E-state index contributed by atoms with van der Waals surface area (Å²) in [6, 6.07) is -1.02. The number of hydrogen-bond acceptors (Lipinski definition) is 4. The zero-order valence-corrected chi connectivity index (χ0v) is 18.7. The van der Waals surface area contributed by atoms with Crippen LogP contribution >= 0.6 is 11.8 Å². The van der Waals surface area contributed by atoms with Crippen LogP contribution in [-0.2, 0) is 14.4 Å². The van der Waals surface area contributed by atoms with Gasteiger partial charge in [0.2, 0.25) is 11.8 Å². The molecule has 0 fully saturated rings. The lowest BCUT2D eigenvalue weighted by atomic mass is 10.1. The Morgan fingerprint density at radius 1 is 0.966 bits per heavy atom. The zero-order valence-electron chi connectivity index (χ0n) is 17.9. The van der Waals surface area contributed by atoms with E-state index in [1.165, 1.54) is 28.5 Å². The van der Waals surface area contributed by atoms with Crippen LogP contribution in [0.3, 0.4) is 0 Å². The summed E-state index contributed by atoms with van der Waals surface area (Å²) in [5, 5.41) is 11.5. The molecule has 162 valence electrons. The van der Waals surface area contributed by atoms with E-state index in [2.05, 4.69) is 51.2 Å². The van der Waals surface area contributed by atoms with Crippen LogP contribution < -0.4 is 11.1 Å². The van der Waals surface area contributed by atoms with E-state index in [-0.39, 0.29) is 5.75 Å². The first-order chi connectivity index (χ1) is 13.6. The Kier molecular flexibility index (Phi) is 14.4. The first-order valence-electron chi connectivity index (χ1n) is 9.65. The van der Waals surface area contributed by atoms with Crippen LogP contribution in [0.15, 0.2) is 47.1 Å². The standard InChI is InChI=1S/C22H34N2O4S/c1-16(2)7-5-8-17(3)9-6-10-18(4)13-14-29-15-19(22(27)28)24-21(26)12-11-20(23)25/h7,9,11-13,19H,5-6,8,10,14-15H2,1-4H3,(H2,23,25)(H,24,26)(H,27,28)/b12-11+,17-9+,18-13+/t19-/m0/s1. The second-order valence-corrected chi connectivity index (χ2v) is 8.21. The summed E-state index contributed by atoms with van der Waals surface area (Å²) in [5.74, 6) is -1.63. The Hall–Kier alpha value is -2.28. The van der Waals surface area contributed by atoms with Crippen molar-refractivity contribution in [1.82, 2.24) is 5.32 Å². The van der Waals surface area contributed by atoms with Crippen LogP contribution in [-0.4, -0.2) is 40.4 Å². The lowest BCUT2D eigenvalue weighted by Gasteiger charge is -2.12. The number of carboxylic acid groups (broad SMARTS) is 1. The number of carbonyl (C=O) groups excluding carboxylic acids is 2. The summed E-state index contributed by atoms with van der Waals surface area (Å²) in [5.41, 5.74) is 8.90.